The van der Waals surface area contributed by atoms with Gasteiger partial charge in [-0.05, 0) is 19.4 Å². The van der Waals surface area contributed by atoms with Crippen LogP contribution in [0.3, 0.4) is 0 Å². The third-order valence-electron chi connectivity index (χ3n) is 3.37. The zero-order valence-corrected chi connectivity index (χ0v) is 10.7. The first-order valence-electron chi connectivity index (χ1n) is 6.17. The van der Waals surface area contributed by atoms with Crippen LogP contribution in [0, 0.1) is 11.8 Å². The molecule has 1 fully saturated rings. The molecule has 0 aliphatic carbocycles. The van der Waals surface area contributed by atoms with Gasteiger partial charge in [0.05, 0.1) is 12.1 Å². The molecule has 1 aliphatic heterocycles. The number of hydrogen-bond acceptors (Lipinski definition) is 2. The normalized spacial score (nSPS) is 25.1. The van der Waals surface area contributed by atoms with E-state index in [1.54, 1.807) is 0 Å². The van der Waals surface area contributed by atoms with E-state index in [9.17, 15) is 0 Å². The van der Waals surface area contributed by atoms with E-state index in [0.717, 1.165) is 26.2 Å². The van der Waals surface area contributed by atoms with Crippen LogP contribution >= 0.6 is 0 Å². The van der Waals surface area contributed by atoms with Gasteiger partial charge >= 0.3 is 0 Å². The van der Waals surface area contributed by atoms with Crippen LogP contribution in [0.1, 0.15) is 19.4 Å². The van der Waals surface area contributed by atoms with E-state index < -0.39 is 0 Å². The Hall–Kier alpha value is -1.30. The Kier molecular flexibility index (Phi) is 3.83. The molecule has 2 nitrogen and oxygen atoms in total. The number of nitrogens with one attached hydrogen (secondary N) is 1. The summed E-state index contributed by atoms with van der Waals surface area (Å²) >= 11 is 0. The Balaban J connectivity index is 2.11. The quantitative estimate of drug-likeness (QED) is 0.777. The molecule has 1 heterocycles. The minimum Gasteiger partial charge on any atom is -0.305 e. The number of piperazine rings is 1. The van der Waals surface area contributed by atoms with Crippen molar-refractivity contribution in [2.75, 3.05) is 26.2 Å². The van der Waals surface area contributed by atoms with Crippen LogP contribution in [0.5, 0.6) is 0 Å². The van der Waals surface area contributed by atoms with Crippen LogP contribution in [0.25, 0.3) is 0 Å². The molecule has 0 bridgehead atoms. The Labute approximate surface area is 104 Å². The lowest BCUT2D eigenvalue weighted by molar-refractivity contribution is 0.158. The highest BCUT2D eigenvalue weighted by atomic mass is 15.2. The highest BCUT2D eigenvalue weighted by molar-refractivity contribution is 5.25. The predicted molar refractivity (Wildman–Crippen MR) is 71.7 cm³/mol. The van der Waals surface area contributed by atoms with Crippen molar-refractivity contribution in [1.29, 1.82) is 0 Å². The Morgan fingerprint density at radius 3 is 2.82 bits per heavy atom. The van der Waals surface area contributed by atoms with Gasteiger partial charge in [-0.15, -0.1) is 5.92 Å². The monoisotopic (exact) mass is 228 g/mol. The Morgan fingerprint density at radius 2 is 2.12 bits per heavy atom. The first-order chi connectivity index (χ1) is 8.24. The summed E-state index contributed by atoms with van der Waals surface area (Å²) in [6.45, 7) is 8.17. The molecule has 90 valence electrons. The fourth-order valence-corrected chi connectivity index (χ4v) is 2.40. The van der Waals surface area contributed by atoms with Crippen LogP contribution in [0.15, 0.2) is 30.3 Å². The third-order valence-corrected chi connectivity index (χ3v) is 3.37. The van der Waals surface area contributed by atoms with Gasteiger partial charge in [0.2, 0.25) is 0 Å². The lowest BCUT2D eigenvalue weighted by atomic mass is 9.90. The van der Waals surface area contributed by atoms with Gasteiger partial charge in [-0.2, -0.15) is 0 Å². The molecule has 17 heavy (non-hydrogen) atoms. The number of benzene rings is 1. The second-order valence-electron chi connectivity index (χ2n) is 4.76. The average Bonchev–Trinajstić information content (AvgIpc) is 2.38. The van der Waals surface area contributed by atoms with Gasteiger partial charge in [-0.25, -0.2) is 0 Å². The minimum absolute atomic E-state index is 0.0505. The summed E-state index contributed by atoms with van der Waals surface area (Å²) in [7, 11) is 0. The molecule has 0 radical (unpaired) electrons. The summed E-state index contributed by atoms with van der Waals surface area (Å²) in [5.41, 5.74) is 1.41. The molecule has 1 atom stereocenters. The first kappa shape index (κ1) is 12.2. The molecule has 1 aromatic rings. The van der Waals surface area contributed by atoms with Gasteiger partial charge in [0.25, 0.3) is 0 Å². The predicted octanol–water partition coefficient (Wildman–Crippen LogP) is 1.83. The van der Waals surface area contributed by atoms with Gasteiger partial charge in [0, 0.05) is 19.6 Å². The highest BCUT2D eigenvalue weighted by Gasteiger charge is 2.31. The van der Waals surface area contributed by atoms with E-state index >= 15 is 0 Å². The summed E-state index contributed by atoms with van der Waals surface area (Å²) < 4.78 is 0. The van der Waals surface area contributed by atoms with Gasteiger partial charge < -0.3 is 5.32 Å². The van der Waals surface area contributed by atoms with E-state index in [2.05, 4.69) is 59.3 Å². The summed E-state index contributed by atoms with van der Waals surface area (Å²) in [5, 5.41) is 3.63. The lowest BCUT2D eigenvalue weighted by Crippen LogP contribution is -2.56. The number of nitrogens with zero attached hydrogens (tertiary/aromatic N) is 1. The molecule has 2 rings (SSSR count). The maximum absolute atomic E-state index is 3.63. The van der Waals surface area contributed by atoms with Crippen molar-refractivity contribution in [3.63, 3.8) is 0 Å². The zero-order valence-electron chi connectivity index (χ0n) is 10.7. The van der Waals surface area contributed by atoms with Crippen molar-refractivity contribution >= 4 is 0 Å². The molecule has 0 spiro atoms. The summed E-state index contributed by atoms with van der Waals surface area (Å²) in [6.07, 6.45) is 0. The van der Waals surface area contributed by atoms with Crippen molar-refractivity contribution in [3.05, 3.63) is 35.9 Å². The van der Waals surface area contributed by atoms with E-state index in [1.165, 1.54) is 5.56 Å². The molecule has 1 aliphatic rings. The van der Waals surface area contributed by atoms with Crippen LogP contribution < -0.4 is 5.32 Å². The van der Waals surface area contributed by atoms with Crippen molar-refractivity contribution in [1.82, 2.24) is 10.2 Å². The molecule has 0 aromatic heterocycles. The maximum atomic E-state index is 3.63. The van der Waals surface area contributed by atoms with Gasteiger partial charge in [-0.3, -0.25) is 4.90 Å². The van der Waals surface area contributed by atoms with Gasteiger partial charge in [0.15, 0.2) is 0 Å². The maximum Gasteiger partial charge on any atom is 0.0602 e. The zero-order chi connectivity index (χ0) is 12.1. The minimum atomic E-state index is 0.0505. The number of rotatable bonds is 2. The smallest absolute Gasteiger partial charge is 0.0602 e. The second-order valence-corrected chi connectivity index (χ2v) is 4.76. The van der Waals surface area contributed by atoms with Crippen molar-refractivity contribution in [2.45, 2.75) is 19.4 Å². The fraction of sp³-hybridized carbons (Fsp3) is 0.467. The summed E-state index contributed by atoms with van der Waals surface area (Å²) in [6, 6.07) is 10.7. The first-order valence-corrected chi connectivity index (χ1v) is 6.17. The lowest BCUT2D eigenvalue weighted by Gasteiger charge is -2.41. The van der Waals surface area contributed by atoms with Crippen LogP contribution in [0.4, 0.5) is 0 Å². The van der Waals surface area contributed by atoms with Crippen LogP contribution in [-0.4, -0.2) is 31.1 Å². The molecule has 0 saturated carbocycles. The average molecular weight is 228 g/mol. The highest BCUT2D eigenvalue weighted by Crippen LogP contribution is 2.23. The topological polar surface area (TPSA) is 15.3 Å². The molecule has 1 unspecified atom stereocenters. The Morgan fingerprint density at radius 1 is 1.35 bits per heavy atom. The van der Waals surface area contributed by atoms with Gasteiger partial charge in [0.1, 0.15) is 0 Å². The molecule has 1 aromatic carbocycles. The van der Waals surface area contributed by atoms with Crippen molar-refractivity contribution in [2.24, 2.45) is 0 Å². The largest absolute Gasteiger partial charge is 0.305 e. The van der Waals surface area contributed by atoms with Crippen LogP contribution in [0.2, 0.25) is 0 Å². The van der Waals surface area contributed by atoms with Crippen molar-refractivity contribution in [3.8, 4) is 11.8 Å². The van der Waals surface area contributed by atoms with Gasteiger partial charge in [-0.1, -0.05) is 36.3 Å². The fourth-order valence-electron chi connectivity index (χ4n) is 2.40. The summed E-state index contributed by atoms with van der Waals surface area (Å²) in [5.74, 6) is 6.13. The third kappa shape index (κ3) is 2.88. The van der Waals surface area contributed by atoms with E-state index in [0.29, 0.717) is 0 Å². The Bertz CT molecular complexity index is 416. The van der Waals surface area contributed by atoms with Crippen molar-refractivity contribution < 1.29 is 0 Å². The molecule has 1 N–H and O–H groups in total. The molecule has 2 heteroatoms. The van der Waals surface area contributed by atoms with E-state index in [4.69, 9.17) is 0 Å². The molecular formula is C15H20N2. The SMILES string of the molecule is CC#CCN1CCNC(C)(c2ccccc2)C1. The molecular weight excluding hydrogens is 208 g/mol. The standard InChI is InChI=1S/C15H20N2/c1-3-4-11-17-12-10-16-15(2,13-17)14-8-6-5-7-9-14/h5-9,16H,10-13H2,1-2H3. The van der Waals surface area contributed by atoms with Crippen LogP contribution in [-0.2, 0) is 5.54 Å². The number of hydrogen-bond donors (Lipinski definition) is 1. The van der Waals surface area contributed by atoms with E-state index in [-0.39, 0.29) is 5.54 Å². The molecule has 1 saturated heterocycles. The second kappa shape index (κ2) is 5.35. The summed E-state index contributed by atoms with van der Waals surface area (Å²) in [4.78, 5) is 2.42. The van der Waals surface area contributed by atoms with E-state index in [1.807, 2.05) is 6.92 Å². The molecule has 0 amide bonds.